The van der Waals surface area contributed by atoms with Gasteiger partial charge in [-0.15, -0.1) is 0 Å². The summed E-state index contributed by atoms with van der Waals surface area (Å²) in [6, 6.07) is 18.9. The highest BCUT2D eigenvalue weighted by Crippen LogP contribution is 2.35. The van der Waals surface area contributed by atoms with E-state index in [1.54, 1.807) is 12.1 Å². The average molecular weight is 406 g/mol. The minimum atomic E-state index is -0.446. The second kappa shape index (κ2) is 7.99. The molecule has 0 N–H and O–H groups in total. The molecule has 5 rings (SSSR count). The van der Waals surface area contributed by atoms with Gasteiger partial charge in [0, 0.05) is 17.5 Å². The molecule has 0 unspecified atom stereocenters. The molecule has 0 atom stereocenters. The largest absolute Gasteiger partial charge is 0.348 e. The Balaban J connectivity index is 1.61. The van der Waals surface area contributed by atoms with Gasteiger partial charge in [-0.1, -0.05) is 53.8 Å². The number of fused-ring (bicyclic) bond motifs is 1. The van der Waals surface area contributed by atoms with Crippen LogP contribution in [-0.2, 0) is 15.9 Å². The summed E-state index contributed by atoms with van der Waals surface area (Å²) >= 11 is 1.40. The number of thiazole rings is 1. The van der Waals surface area contributed by atoms with Crippen LogP contribution in [0.4, 0.5) is 4.39 Å². The Morgan fingerprint density at radius 3 is 2.52 bits per heavy atom. The van der Waals surface area contributed by atoms with Gasteiger partial charge < -0.3 is 9.47 Å². The fraction of sp³-hybridized carbons (Fsp3) is 0.217. The van der Waals surface area contributed by atoms with Crippen LogP contribution in [0.25, 0.3) is 20.9 Å². The molecule has 4 aromatic rings. The van der Waals surface area contributed by atoms with Crippen LogP contribution in [0.3, 0.4) is 0 Å². The molecule has 0 aliphatic carbocycles. The number of hydrogen-bond acceptors (Lipinski definition) is 5. The number of ether oxygens (including phenoxy) is 2. The molecule has 0 amide bonds. The van der Waals surface area contributed by atoms with Crippen LogP contribution in [0.2, 0.25) is 0 Å². The van der Waals surface area contributed by atoms with Crippen LogP contribution in [0, 0.1) is 5.82 Å². The van der Waals surface area contributed by atoms with E-state index in [0.717, 1.165) is 33.6 Å². The maximum Gasteiger partial charge on any atom is 0.185 e. The first-order valence-corrected chi connectivity index (χ1v) is 10.4. The molecule has 0 bridgehead atoms. The molecule has 1 aliphatic heterocycles. The van der Waals surface area contributed by atoms with Crippen molar-refractivity contribution in [2.75, 3.05) is 13.2 Å². The zero-order chi connectivity index (χ0) is 19.6. The highest BCUT2D eigenvalue weighted by Gasteiger charge is 2.23. The first kappa shape index (κ1) is 18.4. The monoisotopic (exact) mass is 406 g/mol. The summed E-state index contributed by atoms with van der Waals surface area (Å²) in [5, 5.41) is 0.624. The predicted octanol–water partition coefficient (Wildman–Crippen LogP) is 5.52. The topological polar surface area (TPSA) is 44.2 Å². The molecule has 146 valence electrons. The number of rotatable bonds is 4. The lowest BCUT2D eigenvalue weighted by Gasteiger charge is -2.25. The van der Waals surface area contributed by atoms with Crippen LogP contribution in [-0.4, -0.2) is 23.2 Å². The Morgan fingerprint density at radius 2 is 1.72 bits per heavy atom. The van der Waals surface area contributed by atoms with Crippen molar-refractivity contribution < 1.29 is 13.9 Å². The summed E-state index contributed by atoms with van der Waals surface area (Å²) in [6.07, 6.45) is 1.11. The van der Waals surface area contributed by atoms with Crippen molar-refractivity contribution in [3.8, 4) is 10.6 Å². The van der Waals surface area contributed by atoms with Gasteiger partial charge in [-0.2, -0.15) is 0 Å². The average Bonchev–Trinajstić information content (AvgIpc) is 3.17. The lowest BCUT2D eigenvalue weighted by Crippen LogP contribution is -2.19. The SMILES string of the molecule is Fc1ccccc1-c1nc2cc(C3OCCCO3)c(Cc3ccccc3)nc2s1. The van der Waals surface area contributed by atoms with Crippen LogP contribution in [0.15, 0.2) is 60.7 Å². The van der Waals surface area contributed by atoms with Crippen molar-refractivity contribution in [2.45, 2.75) is 19.1 Å². The highest BCUT2D eigenvalue weighted by molar-refractivity contribution is 7.21. The van der Waals surface area contributed by atoms with Crippen molar-refractivity contribution >= 4 is 21.7 Å². The molecular formula is C23H19FN2O2S. The molecule has 6 heteroatoms. The van der Waals surface area contributed by atoms with E-state index >= 15 is 0 Å². The van der Waals surface area contributed by atoms with E-state index < -0.39 is 6.29 Å². The third-order valence-corrected chi connectivity index (χ3v) is 5.89. The van der Waals surface area contributed by atoms with E-state index in [9.17, 15) is 4.39 Å². The minimum absolute atomic E-state index is 0.282. The quantitative estimate of drug-likeness (QED) is 0.447. The van der Waals surface area contributed by atoms with Crippen LogP contribution in [0.1, 0.15) is 29.5 Å². The number of nitrogens with zero attached hydrogens (tertiary/aromatic N) is 2. The first-order chi connectivity index (χ1) is 14.3. The van der Waals surface area contributed by atoms with Crippen molar-refractivity contribution in [3.05, 3.63) is 83.3 Å². The fourth-order valence-corrected chi connectivity index (χ4v) is 4.44. The maximum absolute atomic E-state index is 14.2. The number of hydrogen-bond donors (Lipinski definition) is 0. The predicted molar refractivity (Wildman–Crippen MR) is 111 cm³/mol. The molecule has 2 aromatic carbocycles. The Morgan fingerprint density at radius 1 is 0.966 bits per heavy atom. The van der Waals surface area contributed by atoms with Gasteiger partial charge in [-0.25, -0.2) is 14.4 Å². The number of aromatic nitrogens is 2. The normalized spacial score (nSPS) is 15.1. The summed E-state index contributed by atoms with van der Waals surface area (Å²) < 4.78 is 26.0. The molecule has 1 saturated heterocycles. The third kappa shape index (κ3) is 3.79. The Labute approximate surface area is 172 Å². The Hall–Kier alpha value is -2.67. The van der Waals surface area contributed by atoms with Crippen LogP contribution < -0.4 is 0 Å². The minimum Gasteiger partial charge on any atom is -0.348 e. The van der Waals surface area contributed by atoms with E-state index in [-0.39, 0.29) is 5.82 Å². The second-order valence-corrected chi connectivity index (χ2v) is 7.91. The highest BCUT2D eigenvalue weighted by atomic mass is 32.1. The Kier molecular flexibility index (Phi) is 5.06. The lowest BCUT2D eigenvalue weighted by molar-refractivity contribution is -0.183. The van der Waals surface area contributed by atoms with E-state index in [0.29, 0.717) is 30.2 Å². The number of pyridine rings is 1. The summed E-state index contributed by atoms with van der Waals surface area (Å²) in [5.41, 5.74) is 4.19. The summed E-state index contributed by atoms with van der Waals surface area (Å²) in [6.45, 7) is 1.32. The van der Waals surface area contributed by atoms with Gasteiger partial charge >= 0.3 is 0 Å². The Bertz CT molecular complexity index is 1140. The molecule has 1 fully saturated rings. The maximum atomic E-state index is 14.2. The molecule has 3 heterocycles. The van der Waals surface area contributed by atoms with Crippen molar-refractivity contribution in [3.63, 3.8) is 0 Å². The zero-order valence-corrected chi connectivity index (χ0v) is 16.5. The van der Waals surface area contributed by atoms with Crippen LogP contribution in [0.5, 0.6) is 0 Å². The first-order valence-electron chi connectivity index (χ1n) is 9.60. The van der Waals surface area contributed by atoms with Gasteiger partial charge in [0.1, 0.15) is 21.2 Å². The second-order valence-electron chi connectivity index (χ2n) is 6.94. The molecule has 0 saturated carbocycles. The van der Waals surface area contributed by atoms with Gasteiger partial charge in [0.15, 0.2) is 6.29 Å². The van der Waals surface area contributed by atoms with Gasteiger partial charge in [0.25, 0.3) is 0 Å². The third-order valence-electron chi connectivity index (χ3n) is 4.90. The van der Waals surface area contributed by atoms with E-state index in [1.165, 1.54) is 17.4 Å². The van der Waals surface area contributed by atoms with Gasteiger partial charge in [0.2, 0.25) is 0 Å². The number of benzene rings is 2. The van der Waals surface area contributed by atoms with Crippen LogP contribution >= 0.6 is 11.3 Å². The van der Waals surface area contributed by atoms with Gasteiger partial charge in [0.05, 0.1) is 18.9 Å². The molecule has 29 heavy (non-hydrogen) atoms. The molecule has 2 aromatic heterocycles. The standard InChI is InChI=1S/C23H19FN2O2S/c24-18-10-5-4-9-16(18)21-26-20-14-17(23-27-11-6-12-28-23)19(25-22(20)29-21)13-15-7-2-1-3-8-15/h1-5,7-10,14,23H,6,11-13H2. The summed E-state index contributed by atoms with van der Waals surface area (Å²) in [5.74, 6) is -0.282. The molecule has 0 spiro atoms. The molecule has 4 nitrogen and oxygen atoms in total. The van der Waals surface area contributed by atoms with Gasteiger partial charge in [-0.3, -0.25) is 0 Å². The summed E-state index contributed by atoms with van der Waals surface area (Å²) in [4.78, 5) is 10.3. The molecule has 1 aliphatic rings. The van der Waals surface area contributed by atoms with E-state index in [2.05, 4.69) is 17.1 Å². The van der Waals surface area contributed by atoms with Gasteiger partial charge in [-0.05, 0) is 30.2 Å². The summed E-state index contributed by atoms with van der Waals surface area (Å²) in [7, 11) is 0. The molecular weight excluding hydrogens is 387 g/mol. The molecule has 0 radical (unpaired) electrons. The smallest absolute Gasteiger partial charge is 0.185 e. The van der Waals surface area contributed by atoms with Crippen molar-refractivity contribution in [2.24, 2.45) is 0 Å². The lowest BCUT2D eigenvalue weighted by atomic mass is 10.0. The van der Waals surface area contributed by atoms with Crippen molar-refractivity contribution in [1.82, 2.24) is 9.97 Å². The zero-order valence-electron chi connectivity index (χ0n) is 15.7. The fourth-order valence-electron chi connectivity index (χ4n) is 3.47. The van der Waals surface area contributed by atoms with E-state index in [4.69, 9.17) is 14.5 Å². The van der Waals surface area contributed by atoms with E-state index in [1.807, 2.05) is 30.3 Å². The number of halogens is 1. The van der Waals surface area contributed by atoms with Crippen molar-refractivity contribution in [1.29, 1.82) is 0 Å².